The van der Waals surface area contributed by atoms with Crippen molar-refractivity contribution in [2.45, 2.75) is 0 Å². The zero-order chi connectivity index (χ0) is 38.9. The Bertz CT molecular complexity index is 3350. The van der Waals surface area contributed by atoms with Crippen LogP contribution < -0.4 is 0 Å². The Morgan fingerprint density at radius 3 is 1.39 bits per heavy atom. The number of rotatable bonds is 6. The maximum absolute atomic E-state index is 6.48. The van der Waals surface area contributed by atoms with Gasteiger partial charge in [0.1, 0.15) is 11.2 Å². The van der Waals surface area contributed by atoms with E-state index in [9.17, 15) is 0 Å². The summed E-state index contributed by atoms with van der Waals surface area (Å²) in [7, 11) is 0. The van der Waals surface area contributed by atoms with Gasteiger partial charge >= 0.3 is 0 Å². The molecule has 0 unspecified atom stereocenters. The summed E-state index contributed by atoms with van der Waals surface area (Å²) in [5.74, 6) is 1.85. The monoisotopic (exact) mass is 751 g/mol. The molecule has 0 N–H and O–H groups in total. The van der Waals surface area contributed by atoms with Crippen molar-refractivity contribution >= 4 is 32.7 Å². The average Bonchev–Trinajstić information content (AvgIpc) is 3.86. The fourth-order valence-electron chi connectivity index (χ4n) is 8.98. The molecule has 0 spiro atoms. The van der Waals surface area contributed by atoms with Crippen LogP contribution in [0.3, 0.4) is 0 Å². The molecule has 0 atom stereocenters. The minimum Gasteiger partial charge on any atom is -0.456 e. The summed E-state index contributed by atoms with van der Waals surface area (Å²) in [6.45, 7) is 0. The minimum absolute atomic E-state index is 0.601. The van der Waals surface area contributed by atoms with Gasteiger partial charge in [-0.05, 0) is 84.6 Å². The molecular formula is C55H33N3O. The summed E-state index contributed by atoms with van der Waals surface area (Å²) in [6, 6.07) is 70.5. The maximum Gasteiger partial charge on any atom is 0.164 e. The standard InChI is InChI=1S/C55H33N3O/c1-4-13-35(14-5-1)41-30-31-42(52-44-22-11-20-37-19-10-21-43(49(37)44)51(41)52)36-27-25-34(26-28-36)40-29-32-47-46(33-40)50-45(23-12-24-48(50)59-47)55-57-53(38-15-6-2-7-16-38)56-54(58-55)39-17-8-3-9-18-39/h1-33H. The molecule has 59 heavy (non-hydrogen) atoms. The van der Waals surface area contributed by atoms with E-state index in [1.165, 1.54) is 55.3 Å². The third-order valence-corrected chi connectivity index (χ3v) is 11.7. The molecule has 9 aromatic carbocycles. The lowest BCUT2D eigenvalue weighted by Crippen LogP contribution is -2.00. The van der Waals surface area contributed by atoms with Crippen LogP contribution in [-0.2, 0) is 0 Å². The first-order valence-electron chi connectivity index (χ1n) is 19.9. The predicted molar refractivity (Wildman–Crippen MR) is 242 cm³/mol. The molecule has 0 amide bonds. The molecule has 2 heterocycles. The molecule has 12 rings (SSSR count). The highest BCUT2D eigenvalue weighted by Crippen LogP contribution is 2.54. The number of furan rings is 1. The average molecular weight is 752 g/mol. The molecule has 0 radical (unpaired) electrons. The molecule has 274 valence electrons. The van der Waals surface area contributed by atoms with Gasteiger partial charge in [-0.2, -0.15) is 0 Å². The van der Waals surface area contributed by atoms with Gasteiger partial charge in [0.15, 0.2) is 17.5 Å². The van der Waals surface area contributed by atoms with Crippen LogP contribution in [-0.4, -0.2) is 15.0 Å². The van der Waals surface area contributed by atoms with Crippen molar-refractivity contribution < 1.29 is 4.42 Å². The third-order valence-electron chi connectivity index (χ3n) is 11.7. The lowest BCUT2D eigenvalue weighted by molar-refractivity contribution is 0.669. The largest absolute Gasteiger partial charge is 0.456 e. The predicted octanol–water partition coefficient (Wildman–Crippen LogP) is 14.6. The first-order chi connectivity index (χ1) is 29.2. The molecule has 2 aromatic heterocycles. The number of aromatic nitrogens is 3. The van der Waals surface area contributed by atoms with Crippen LogP contribution in [0.4, 0.5) is 0 Å². The normalized spacial score (nSPS) is 11.7. The molecule has 4 nitrogen and oxygen atoms in total. The van der Waals surface area contributed by atoms with Gasteiger partial charge in [-0.3, -0.25) is 0 Å². The number of hydrogen-bond acceptors (Lipinski definition) is 4. The molecule has 4 heteroatoms. The van der Waals surface area contributed by atoms with E-state index in [2.05, 4.69) is 127 Å². The van der Waals surface area contributed by atoms with E-state index < -0.39 is 0 Å². The summed E-state index contributed by atoms with van der Waals surface area (Å²) in [5, 5.41) is 4.59. The van der Waals surface area contributed by atoms with Crippen molar-refractivity contribution in [2.24, 2.45) is 0 Å². The Hall–Kier alpha value is -7.95. The van der Waals surface area contributed by atoms with E-state index in [0.717, 1.165) is 49.8 Å². The van der Waals surface area contributed by atoms with Crippen molar-refractivity contribution in [1.82, 2.24) is 15.0 Å². The highest BCUT2D eigenvalue weighted by molar-refractivity contribution is 6.21. The van der Waals surface area contributed by atoms with Gasteiger partial charge in [0.25, 0.3) is 0 Å². The second kappa shape index (κ2) is 13.3. The smallest absolute Gasteiger partial charge is 0.164 e. The maximum atomic E-state index is 6.48. The topological polar surface area (TPSA) is 51.8 Å². The zero-order valence-corrected chi connectivity index (χ0v) is 31.8. The minimum atomic E-state index is 0.601. The molecule has 0 saturated heterocycles. The van der Waals surface area contributed by atoms with Crippen LogP contribution in [0.2, 0.25) is 0 Å². The second-order valence-electron chi connectivity index (χ2n) is 15.1. The number of fused-ring (bicyclic) bond motifs is 6. The first-order valence-corrected chi connectivity index (χ1v) is 19.9. The van der Waals surface area contributed by atoms with Gasteiger partial charge in [0, 0.05) is 27.5 Å². The van der Waals surface area contributed by atoms with Crippen molar-refractivity contribution in [2.75, 3.05) is 0 Å². The molecule has 0 bridgehead atoms. The molecular weight excluding hydrogens is 719 g/mol. The van der Waals surface area contributed by atoms with Gasteiger partial charge in [-0.15, -0.1) is 0 Å². The summed E-state index contributed by atoms with van der Waals surface area (Å²) >= 11 is 0. The molecule has 11 aromatic rings. The zero-order valence-electron chi connectivity index (χ0n) is 31.8. The summed E-state index contributed by atoms with van der Waals surface area (Å²) < 4.78 is 6.48. The van der Waals surface area contributed by atoms with Crippen LogP contribution >= 0.6 is 0 Å². The van der Waals surface area contributed by atoms with E-state index in [1.54, 1.807) is 0 Å². The van der Waals surface area contributed by atoms with Gasteiger partial charge in [0.2, 0.25) is 0 Å². The Morgan fingerprint density at radius 1 is 0.288 bits per heavy atom. The summed E-state index contributed by atoms with van der Waals surface area (Å²) in [5.41, 5.74) is 16.7. The van der Waals surface area contributed by atoms with E-state index in [-0.39, 0.29) is 0 Å². The van der Waals surface area contributed by atoms with Gasteiger partial charge in [-0.1, -0.05) is 182 Å². The number of hydrogen-bond donors (Lipinski definition) is 0. The highest BCUT2D eigenvalue weighted by atomic mass is 16.3. The number of nitrogens with zero attached hydrogens (tertiary/aromatic N) is 3. The van der Waals surface area contributed by atoms with Gasteiger partial charge in [-0.25, -0.2) is 15.0 Å². The molecule has 0 fully saturated rings. The lowest BCUT2D eigenvalue weighted by atomic mass is 9.87. The molecule has 1 aliphatic rings. The summed E-state index contributed by atoms with van der Waals surface area (Å²) in [4.78, 5) is 15.1. The van der Waals surface area contributed by atoms with Crippen molar-refractivity contribution in [3.8, 4) is 89.8 Å². The third kappa shape index (κ3) is 5.42. The van der Waals surface area contributed by atoms with E-state index in [0.29, 0.717) is 17.5 Å². The fraction of sp³-hybridized carbons (Fsp3) is 0. The van der Waals surface area contributed by atoms with Crippen molar-refractivity contribution in [3.05, 3.63) is 200 Å². The van der Waals surface area contributed by atoms with Crippen LogP contribution in [0.5, 0.6) is 0 Å². The number of benzene rings is 9. The highest BCUT2D eigenvalue weighted by Gasteiger charge is 2.27. The summed E-state index contributed by atoms with van der Waals surface area (Å²) in [6.07, 6.45) is 0. The Labute approximate surface area is 340 Å². The quantitative estimate of drug-likeness (QED) is 0.170. The van der Waals surface area contributed by atoms with Crippen LogP contribution in [0, 0.1) is 0 Å². The first kappa shape index (κ1) is 33.2. The van der Waals surface area contributed by atoms with Crippen LogP contribution in [0.1, 0.15) is 0 Å². The Kier molecular flexibility index (Phi) is 7.50. The van der Waals surface area contributed by atoms with E-state index in [1.807, 2.05) is 72.8 Å². The van der Waals surface area contributed by atoms with E-state index in [4.69, 9.17) is 19.4 Å². The van der Waals surface area contributed by atoms with Crippen LogP contribution in [0.15, 0.2) is 205 Å². The van der Waals surface area contributed by atoms with Gasteiger partial charge in [0.05, 0.1) is 0 Å². The second-order valence-corrected chi connectivity index (χ2v) is 15.1. The van der Waals surface area contributed by atoms with Crippen LogP contribution in [0.25, 0.3) is 123 Å². The molecule has 0 aliphatic heterocycles. The fourth-order valence-corrected chi connectivity index (χ4v) is 8.98. The molecule has 1 aliphatic carbocycles. The van der Waals surface area contributed by atoms with Crippen molar-refractivity contribution in [3.63, 3.8) is 0 Å². The van der Waals surface area contributed by atoms with Crippen molar-refractivity contribution in [1.29, 1.82) is 0 Å². The Morgan fingerprint density at radius 2 is 0.780 bits per heavy atom. The lowest BCUT2D eigenvalue weighted by Gasteiger charge is -2.16. The SMILES string of the molecule is c1ccc(-c2nc(-c3ccccc3)nc(-c3cccc4oc5ccc(-c6ccc(-c7ccc(-c8ccccc8)c8c7-c7cccc9cccc-8c79)cc6)cc5c34)n2)cc1. The van der Waals surface area contributed by atoms with E-state index >= 15 is 0 Å². The van der Waals surface area contributed by atoms with Gasteiger partial charge < -0.3 is 4.42 Å². The Balaban J connectivity index is 0.976. The molecule has 0 saturated carbocycles.